The molecule has 1 amide bonds. The largest absolute Gasteiger partial charge is 0.497 e. The molecule has 0 aromatic heterocycles. The molecule has 0 heterocycles. The van der Waals surface area contributed by atoms with E-state index in [1.54, 1.807) is 21.1 Å². The Labute approximate surface area is 158 Å². The van der Waals surface area contributed by atoms with E-state index in [9.17, 15) is 4.79 Å². The van der Waals surface area contributed by atoms with Crippen LogP contribution in [-0.4, -0.2) is 40.8 Å². The second-order valence-corrected chi connectivity index (χ2v) is 16.2. The molecular formula is C20H29NO3Si2. The molecule has 140 valence electrons. The maximum atomic E-state index is 12.8. The lowest BCUT2D eigenvalue weighted by molar-refractivity contribution is -0.121. The summed E-state index contributed by atoms with van der Waals surface area (Å²) in [5.74, 6) is 1.81. The van der Waals surface area contributed by atoms with Gasteiger partial charge in [-0.1, -0.05) is 24.3 Å². The molecule has 0 aliphatic carbocycles. The third-order valence-corrected chi connectivity index (χ3v) is 14.7. The molecule has 0 N–H and O–H groups in total. The van der Waals surface area contributed by atoms with Gasteiger partial charge in [0.05, 0.1) is 14.2 Å². The fourth-order valence-corrected chi connectivity index (χ4v) is 14.2. The van der Waals surface area contributed by atoms with Crippen LogP contribution in [0.1, 0.15) is 6.92 Å². The normalized spacial score (nSPS) is 11.8. The highest BCUT2D eigenvalue weighted by atomic mass is 28.4. The Morgan fingerprint density at radius 1 is 0.731 bits per heavy atom. The summed E-state index contributed by atoms with van der Waals surface area (Å²) >= 11 is 0. The molecule has 0 saturated heterocycles. The van der Waals surface area contributed by atoms with Crippen LogP contribution in [0.25, 0.3) is 0 Å². The molecule has 0 atom stereocenters. The molecule has 0 unspecified atom stereocenters. The number of amides is 1. The standard InChI is InChI=1S/C20H29NO3Si2/c1-16(22)21(25(4,5)19-12-8-17(23-2)9-13-19)26(6,7)20-14-10-18(24-3)11-15-20/h8-15H,1-7H3. The van der Waals surface area contributed by atoms with E-state index < -0.39 is 16.5 Å². The summed E-state index contributed by atoms with van der Waals surface area (Å²) in [5, 5.41) is 2.45. The third kappa shape index (κ3) is 3.86. The monoisotopic (exact) mass is 387 g/mol. The average Bonchev–Trinajstić information content (AvgIpc) is 2.61. The van der Waals surface area contributed by atoms with Crippen molar-refractivity contribution in [2.75, 3.05) is 14.2 Å². The topological polar surface area (TPSA) is 38.8 Å². The van der Waals surface area contributed by atoms with Crippen LogP contribution in [0.15, 0.2) is 48.5 Å². The third-order valence-electron chi connectivity index (χ3n) is 5.03. The number of hydrogen-bond donors (Lipinski definition) is 0. The minimum Gasteiger partial charge on any atom is -0.497 e. The highest BCUT2D eigenvalue weighted by Gasteiger charge is 2.44. The van der Waals surface area contributed by atoms with Crippen molar-refractivity contribution < 1.29 is 14.3 Å². The summed E-state index contributed by atoms with van der Waals surface area (Å²) in [4.78, 5) is 12.8. The highest BCUT2D eigenvalue weighted by Crippen LogP contribution is 2.22. The maximum absolute atomic E-state index is 12.8. The number of benzene rings is 2. The number of ether oxygens (including phenoxy) is 2. The molecule has 2 aromatic rings. The van der Waals surface area contributed by atoms with Crippen LogP contribution in [0.2, 0.25) is 26.2 Å². The molecule has 0 spiro atoms. The average molecular weight is 388 g/mol. The second-order valence-electron chi connectivity index (χ2n) is 7.43. The van der Waals surface area contributed by atoms with Gasteiger partial charge in [-0.2, -0.15) is 0 Å². The van der Waals surface area contributed by atoms with E-state index in [0.717, 1.165) is 11.5 Å². The van der Waals surface area contributed by atoms with Gasteiger partial charge in [-0.05, 0) is 60.8 Å². The van der Waals surface area contributed by atoms with Crippen LogP contribution in [-0.2, 0) is 4.79 Å². The number of carbonyl (C=O) groups is 1. The summed E-state index contributed by atoms with van der Waals surface area (Å²) < 4.78 is 12.8. The Morgan fingerprint density at radius 2 is 1.04 bits per heavy atom. The van der Waals surface area contributed by atoms with Crippen LogP contribution in [0.5, 0.6) is 11.5 Å². The van der Waals surface area contributed by atoms with Gasteiger partial charge in [0, 0.05) is 6.92 Å². The van der Waals surface area contributed by atoms with Gasteiger partial charge in [0.15, 0.2) is 16.5 Å². The van der Waals surface area contributed by atoms with Crippen LogP contribution in [0, 0.1) is 0 Å². The number of rotatable bonds is 6. The zero-order chi connectivity index (χ0) is 19.5. The quantitative estimate of drug-likeness (QED) is 0.715. The zero-order valence-corrected chi connectivity index (χ0v) is 18.8. The SMILES string of the molecule is COc1ccc([Si](C)(C)N(C(C)=O)[Si](C)(C)c2ccc(OC)cc2)cc1. The molecule has 4 nitrogen and oxygen atoms in total. The molecule has 2 rings (SSSR count). The van der Waals surface area contributed by atoms with Crippen LogP contribution < -0.4 is 19.8 Å². The Morgan fingerprint density at radius 3 is 1.27 bits per heavy atom. The molecular weight excluding hydrogens is 358 g/mol. The molecule has 0 fully saturated rings. The first kappa shape index (κ1) is 20.3. The van der Waals surface area contributed by atoms with Gasteiger partial charge in [0.2, 0.25) is 5.91 Å². The minimum atomic E-state index is -2.19. The van der Waals surface area contributed by atoms with Gasteiger partial charge in [-0.25, -0.2) is 0 Å². The Balaban J connectivity index is 2.48. The zero-order valence-electron chi connectivity index (χ0n) is 16.8. The van der Waals surface area contributed by atoms with Crippen molar-refractivity contribution in [1.29, 1.82) is 0 Å². The van der Waals surface area contributed by atoms with Crippen molar-refractivity contribution in [2.45, 2.75) is 33.1 Å². The van der Waals surface area contributed by atoms with Crippen molar-refractivity contribution in [2.24, 2.45) is 0 Å². The summed E-state index contributed by atoms with van der Waals surface area (Å²) in [5.41, 5.74) is 0. The number of carbonyl (C=O) groups excluding carboxylic acids is 1. The van der Waals surface area contributed by atoms with Crippen molar-refractivity contribution >= 4 is 32.8 Å². The number of nitrogens with zero attached hydrogens (tertiary/aromatic N) is 1. The van der Waals surface area contributed by atoms with E-state index in [1.807, 2.05) is 24.3 Å². The van der Waals surface area contributed by atoms with Crippen LogP contribution in [0.3, 0.4) is 0 Å². The number of methoxy groups -OCH3 is 2. The van der Waals surface area contributed by atoms with Crippen LogP contribution in [0.4, 0.5) is 0 Å². The van der Waals surface area contributed by atoms with Gasteiger partial charge in [0.1, 0.15) is 11.5 Å². The van der Waals surface area contributed by atoms with Crippen LogP contribution >= 0.6 is 0 Å². The molecule has 0 aliphatic heterocycles. The molecule has 0 bridgehead atoms. The van der Waals surface area contributed by atoms with E-state index in [2.05, 4.69) is 54.7 Å². The van der Waals surface area contributed by atoms with Gasteiger partial charge in [-0.3, -0.25) is 4.79 Å². The van der Waals surface area contributed by atoms with E-state index in [0.29, 0.717) is 0 Å². The Hall–Kier alpha value is -2.06. The smallest absolute Gasteiger partial charge is 0.204 e. The van der Waals surface area contributed by atoms with E-state index in [1.165, 1.54) is 10.4 Å². The van der Waals surface area contributed by atoms with Crippen molar-refractivity contribution in [3.63, 3.8) is 0 Å². The van der Waals surface area contributed by atoms with Gasteiger partial charge in [-0.15, -0.1) is 0 Å². The van der Waals surface area contributed by atoms with Crippen molar-refractivity contribution in [1.82, 2.24) is 4.23 Å². The minimum absolute atomic E-state index is 0.143. The van der Waals surface area contributed by atoms with E-state index in [4.69, 9.17) is 9.47 Å². The summed E-state index contributed by atoms with van der Waals surface area (Å²) in [7, 11) is -1.05. The molecule has 2 aromatic carbocycles. The summed E-state index contributed by atoms with van der Waals surface area (Å²) in [6.45, 7) is 10.7. The molecule has 0 radical (unpaired) electrons. The maximum Gasteiger partial charge on any atom is 0.204 e. The first-order valence-electron chi connectivity index (χ1n) is 8.74. The van der Waals surface area contributed by atoms with Gasteiger partial charge >= 0.3 is 0 Å². The van der Waals surface area contributed by atoms with E-state index in [-0.39, 0.29) is 5.91 Å². The predicted octanol–water partition coefficient (Wildman–Crippen LogP) is 3.08. The lowest BCUT2D eigenvalue weighted by atomic mass is 10.3. The Bertz CT molecular complexity index is 696. The van der Waals surface area contributed by atoms with Crippen molar-refractivity contribution in [3.8, 4) is 11.5 Å². The van der Waals surface area contributed by atoms with Gasteiger partial charge in [0.25, 0.3) is 0 Å². The number of hydrogen-bond acceptors (Lipinski definition) is 3. The molecule has 6 heteroatoms. The first-order chi connectivity index (χ1) is 12.1. The lowest BCUT2D eigenvalue weighted by Gasteiger charge is -2.47. The predicted molar refractivity (Wildman–Crippen MR) is 113 cm³/mol. The molecule has 0 saturated carbocycles. The van der Waals surface area contributed by atoms with Gasteiger partial charge < -0.3 is 13.7 Å². The van der Waals surface area contributed by atoms with Crippen molar-refractivity contribution in [3.05, 3.63) is 48.5 Å². The first-order valence-corrected chi connectivity index (χ1v) is 14.6. The molecule has 0 aliphatic rings. The second kappa shape index (κ2) is 7.67. The summed E-state index contributed by atoms with van der Waals surface area (Å²) in [6.07, 6.45) is 0. The lowest BCUT2D eigenvalue weighted by Crippen LogP contribution is -2.72. The van der Waals surface area contributed by atoms with E-state index >= 15 is 0 Å². The Kier molecular flexibility index (Phi) is 5.98. The highest BCUT2D eigenvalue weighted by molar-refractivity contribution is 7.04. The fraction of sp³-hybridized carbons (Fsp3) is 0.350. The fourth-order valence-electron chi connectivity index (χ4n) is 3.74. The summed E-state index contributed by atoms with van der Waals surface area (Å²) in [6, 6.07) is 16.3. The molecule has 26 heavy (non-hydrogen) atoms.